The molecule has 0 saturated heterocycles. The van der Waals surface area contributed by atoms with Crippen LogP contribution in [0.1, 0.15) is 10.4 Å². The van der Waals surface area contributed by atoms with Gasteiger partial charge in [-0.05, 0) is 24.3 Å². The molecule has 2 rings (SSSR count). The van der Waals surface area contributed by atoms with E-state index >= 15 is 0 Å². The first-order chi connectivity index (χ1) is 7.78. The van der Waals surface area contributed by atoms with Crippen molar-refractivity contribution in [1.29, 1.82) is 0 Å². The van der Waals surface area contributed by atoms with Crippen LogP contribution >= 0.6 is 0 Å². The van der Waals surface area contributed by atoms with E-state index in [9.17, 15) is 9.18 Å². The van der Waals surface area contributed by atoms with Crippen LogP contribution in [0.25, 0.3) is 0 Å². The highest BCUT2D eigenvalue weighted by molar-refractivity contribution is 5.75. The summed E-state index contributed by atoms with van der Waals surface area (Å²) in [7, 11) is 0. The van der Waals surface area contributed by atoms with E-state index in [1.165, 1.54) is 12.1 Å². The Kier molecular flexibility index (Phi) is 2.96. The van der Waals surface area contributed by atoms with E-state index in [0.29, 0.717) is 17.8 Å². The molecule has 16 heavy (non-hydrogen) atoms. The SMILES string of the molecule is O=Cc1cc(F)cc(Oc2ccccc2)c1. The quantitative estimate of drug-likeness (QED) is 0.734. The molecule has 0 radical (unpaired) electrons. The fourth-order valence-electron chi connectivity index (χ4n) is 1.34. The van der Waals surface area contributed by atoms with Gasteiger partial charge in [-0.3, -0.25) is 4.79 Å². The maximum Gasteiger partial charge on any atom is 0.150 e. The Balaban J connectivity index is 2.28. The third-order valence-electron chi connectivity index (χ3n) is 2.01. The molecule has 3 heteroatoms. The third-order valence-corrected chi connectivity index (χ3v) is 2.01. The van der Waals surface area contributed by atoms with Gasteiger partial charge in [-0.15, -0.1) is 0 Å². The largest absolute Gasteiger partial charge is 0.457 e. The Morgan fingerprint density at radius 2 is 1.75 bits per heavy atom. The van der Waals surface area contributed by atoms with Crippen molar-refractivity contribution in [2.45, 2.75) is 0 Å². The van der Waals surface area contributed by atoms with Crippen molar-refractivity contribution >= 4 is 6.29 Å². The van der Waals surface area contributed by atoms with Gasteiger partial charge >= 0.3 is 0 Å². The number of carbonyl (C=O) groups is 1. The molecular formula is C13H9FO2. The van der Waals surface area contributed by atoms with Crippen LogP contribution in [-0.2, 0) is 0 Å². The Bertz CT molecular complexity index is 495. The van der Waals surface area contributed by atoms with E-state index in [1.54, 1.807) is 12.1 Å². The highest BCUT2D eigenvalue weighted by Gasteiger charge is 2.02. The lowest BCUT2D eigenvalue weighted by atomic mass is 10.2. The van der Waals surface area contributed by atoms with Crippen molar-refractivity contribution in [2.24, 2.45) is 0 Å². The summed E-state index contributed by atoms with van der Waals surface area (Å²) >= 11 is 0. The van der Waals surface area contributed by atoms with E-state index < -0.39 is 5.82 Å². The summed E-state index contributed by atoms with van der Waals surface area (Å²) in [5, 5.41) is 0. The second-order valence-corrected chi connectivity index (χ2v) is 3.25. The van der Waals surface area contributed by atoms with Gasteiger partial charge in [0.25, 0.3) is 0 Å². The van der Waals surface area contributed by atoms with Crippen molar-refractivity contribution in [3.05, 3.63) is 59.9 Å². The molecule has 0 aliphatic heterocycles. The molecule has 2 aromatic rings. The predicted octanol–water partition coefficient (Wildman–Crippen LogP) is 3.43. The first-order valence-corrected chi connectivity index (χ1v) is 4.76. The van der Waals surface area contributed by atoms with Crippen molar-refractivity contribution in [2.75, 3.05) is 0 Å². The van der Waals surface area contributed by atoms with Crippen molar-refractivity contribution < 1.29 is 13.9 Å². The number of ether oxygens (including phenoxy) is 1. The summed E-state index contributed by atoms with van der Waals surface area (Å²) in [6.45, 7) is 0. The molecular weight excluding hydrogens is 207 g/mol. The average molecular weight is 216 g/mol. The molecule has 0 aliphatic carbocycles. The number of hydrogen-bond acceptors (Lipinski definition) is 2. The van der Waals surface area contributed by atoms with Crippen LogP contribution in [0.5, 0.6) is 11.5 Å². The number of hydrogen-bond donors (Lipinski definition) is 0. The monoisotopic (exact) mass is 216 g/mol. The maximum absolute atomic E-state index is 13.1. The second kappa shape index (κ2) is 4.57. The molecule has 0 bridgehead atoms. The Labute approximate surface area is 92.3 Å². The van der Waals surface area contributed by atoms with E-state index in [4.69, 9.17) is 4.74 Å². The molecule has 0 amide bonds. The first kappa shape index (κ1) is 10.4. The maximum atomic E-state index is 13.1. The lowest BCUT2D eigenvalue weighted by Crippen LogP contribution is -1.88. The minimum Gasteiger partial charge on any atom is -0.457 e. The van der Waals surface area contributed by atoms with Gasteiger partial charge in [-0.1, -0.05) is 18.2 Å². The summed E-state index contributed by atoms with van der Waals surface area (Å²) in [5.74, 6) is 0.425. The van der Waals surface area contributed by atoms with Crippen molar-refractivity contribution in [3.63, 3.8) is 0 Å². The van der Waals surface area contributed by atoms with Crippen LogP contribution in [0.15, 0.2) is 48.5 Å². The zero-order valence-corrected chi connectivity index (χ0v) is 8.39. The number of carbonyl (C=O) groups excluding carboxylic acids is 1. The smallest absolute Gasteiger partial charge is 0.150 e. The summed E-state index contributed by atoms with van der Waals surface area (Å²) in [6.07, 6.45) is 0.584. The lowest BCUT2D eigenvalue weighted by Gasteiger charge is -2.05. The van der Waals surface area contributed by atoms with Crippen LogP contribution in [0.2, 0.25) is 0 Å². The average Bonchev–Trinajstić information content (AvgIpc) is 2.29. The number of rotatable bonds is 3. The molecule has 80 valence electrons. The topological polar surface area (TPSA) is 26.3 Å². The van der Waals surface area contributed by atoms with Crippen molar-refractivity contribution in [1.82, 2.24) is 0 Å². The minimum absolute atomic E-state index is 0.255. The highest BCUT2D eigenvalue weighted by atomic mass is 19.1. The number of para-hydroxylation sites is 1. The molecule has 0 saturated carbocycles. The second-order valence-electron chi connectivity index (χ2n) is 3.25. The molecule has 0 aromatic heterocycles. The lowest BCUT2D eigenvalue weighted by molar-refractivity contribution is 0.112. The number of benzene rings is 2. The molecule has 0 spiro atoms. The van der Waals surface area contributed by atoms with Gasteiger partial charge in [-0.25, -0.2) is 4.39 Å². The van der Waals surface area contributed by atoms with E-state index in [0.717, 1.165) is 6.07 Å². The normalized spacial score (nSPS) is 9.81. The standard InChI is InChI=1S/C13H9FO2/c14-11-6-10(9-15)7-13(8-11)16-12-4-2-1-3-5-12/h1-9H. The Morgan fingerprint density at radius 3 is 2.44 bits per heavy atom. The molecule has 0 aliphatic rings. The van der Waals surface area contributed by atoms with Gasteiger partial charge in [0.1, 0.15) is 23.6 Å². The molecule has 0 N–H and O–H groups in total. The third kappa shape index (κ3) is 2.45. The summed E-state index contributed by atoms with van der Waals surface area (Å²) < 4.78 is 18.5. The fourth-order valence-corrected chi connectivity index (χ4v) is 1.34. The highest BCUT2D eigenvalue weighted by Crippen LogP contribution is 2.22. The van der Waals surface area contributed by atoms with Gasteiger partial charge in [0.05, 0.1) is 0 Å². The zero-order valence-electron chi connectivity index (χ0n) is 8.39. The van der Waals surface area contributed by atoms with E-state index in [-0.39, 0.29) is 5.56 Å². The molecule has 2 nitrogen and oxygen atoms in total. The van der Waals surface area contributed by atoms with Crippen LogP contribution < -0.4 is 4.74 Å². The summed E-state index contributed by atoms with van der Waals surface area (Å²) in [5.41, 5.74) is 0.255. The Morgan fingerprint density at radius 1 is 1.00 bits per heavy atom. The van der Waals surface area contributed by atoms with Crippen LogP contribution in [0.4, 0.5) is 4.39 Å². The van der Waals surface area contributed by atoms with Crippen LogP contribution in [0, 0.1) is 5.82 Å². The van der Waals surface area contributed by atoms with Crippen LogP contribution in [0.3, 0.4) is 0 Å². The van der Waals surface area contributed by atoms with E-state index in [1.807, 2.05) is 18.2 Å². The molecule has 2 aromatic carbocycles. The van der Waals surface area contributed by atoms with E-state index in [2.05, 4.69) is 0 Å². The molecule has 0 unspecified atom stereocenters. The first-order valence-electron chi connectivity index (χ1n) is 4.76. The van der Waals surface area contributed by atoms with Crippen LogP contribution in [-0.4, -0.2) is 6.29 Å². The van der Waals surface area contributed by atoms with Gasteiger partial charge in [0.15, 0.2) is 0 Å². The summed E-state index contributed by atoms with van der Waals surface area (Å²) in [4.78, 5) is 10.5. The number of halogens is 1. The zero-order chi connectivity index (χ0) is 11.4. The molecule has 0 fully saturated rings. The van der Waals surface area contributed by atoms with Gasteiger partial charge in [0, 0.05) is 11.6 Å². The molecule has 0 atom stereocenters. The van der Waals surface area contributed by atoms with Gasteiger partial charge in [0.2, 0.25) is 0 Å². The predicted molar refractivity (Wildman–Crippen MR) is 58.3 cm³/mol. The fraction of sp³-hybridized carbons (Fsp3) is 0. The van der Waals surface area contributed by atoms with Gasteiger partial charge < -0.3 is 4.74 Å². The molecule has 0 heterocycles. The minimum atomic E-state index is -0.490. The summed E-state index contributed by atoms with van der Waals surface area (Å²) in [6, 6.07) is 12.9. The van der Waals surface area contributed by atoms with Crippen molar-refractivity contribution in [3.8, 4) is 11.5 Å². The Hall–Kier alpha value is -2.16. The van der Waals surface area contributed by atoms with Gasteiger partial charge in [-0.2, -0.15) is 0 Å². The number of aldehydes is 1.